The zero-order valence-electron chi connectivity index (χ0n) is 20.3. The number of nitrogens with one attached hydrogen (secondary N) is 1. The summed E-state index contributed by atoms with van der Waals surface area (Å²) in [6.07, 6.45) is 9.88. The summed E-state index contributed by atoms with van der Waals surface area (Å²) in [6.45, 7) is 0. The normalized spacial score (nSPS) is 23.6. The Kier molecular flexibility index (Phi) is 6.24. The summed E-state index contributed by atoms with van der Waals surface area (Å²) >= 11 is 0. The molecule has 3 unspecified atom stereocenters. The molecule has 1 saturated carbocycles. The average molecular weight is 494 g/mol. The summed E-state index contributed by atoms with van der Waals surface area (Å²) in [5.41, 5.74) is 4.59. The van der Waals surface area contributed by atoms with Gasteiger partial charge in [-0.25, -0.2) is 8.42 Å². The molecule has 1 fully saturated rings. The number of sulfone groups is 1. The van der Waals surface area contributed by atoms with Crippen LogP contribution in [0.1, 0.15) is 47.9 Å². The van der Waals surface area contributed by atoms with Crippen molar-refractivity contribution in [3.8, 4) is 0 Å². The maximum Gasteiger partial charge on any atom is 0.175 e. The molecule has 2 aliphatic carbocycles. The van der Waals surface area contributed by atoms with Crippen molar-refractivity contribution >= 4 is 31.4 Å². The third kappa shape index (κ3) is 4.76. The van der Waals surface area contributed by atoms with Gasteiger partial charge in [0.15, 0.2) is 9.84 Å². The van der Waals surface area contributed by atoms with E-state index in [1.54, 1.807) is 23.3 Å². The van der Waals surface area contributed by atoms with E-state index in [-0.39, 0.29) is 5.75 Å². The Bertz CT molecular complexity index is 1570. The molecular weight excluding hydrogens is 462 g/mol. The highest BCUT2D eigenvalue weighted by atomic mass is 32.2. The first kappa shape index (κ1) is 23.2. The van der Waals surface area contributed by atoms with E-state index in [0.29, 0.717) is 18.0 Å². The Labute approximate surface area is 213 Å². The topological polar surface area (TPSA) is 46.2 Å². The summed E-state index contributed by atoms with van der Waals surface area (Å²) in [5, 5.41) is 10.8. The third-order valence-corrected chi connectivity index (χ3v) is 8.87. The quantitative estimate of drug-likeness (QED) is 0.313. The van der Waals surface area contributed by atoms with Gasteiger partial charge in [-0.05, 0) is 63.9 Å². The van der Waals surface area contributed by atoms with Gasteiger partial charge in [0.1, 0.15) is 0 Å². The van der Waals surface area contributed by atoms with E-state index in [9.17, 15) is 8.42 Å². The highest BCUT2D eigenvalue weighted by Gasteiger charge is 2.40. The first-order chi connectivity index (χ1) is 17.6. The predicted octanol–water partition coefficient (Wildman–Crippen LogP) is 7.00. The van der Waals surface area contributed by atoms with Crippen LogP contribution >= 0.6 is 0 Å². The van der Waals surface area contributed by atoms with Gasteiger partial charge in [0.25, 0.3) is 0 Å². The zero-order valence-corrected chi connectivity index (χ0v) is 21.1. The number of aryl methyl sites for hydroxylation is 1. The lowest BCUT2D eigenvalue weighted by Gasteiger charge is -2.29. The zero-order chi connectivity index (χ0) is 24.5. The number of benzene rings is 4. The fourth-order valence-electron chi connectivity index (χ4n) is 5.79. The van der Waals surface area contributed by atoms with Crippen molar-refractivity contribution in [3.63, 3.8) is 0 Å². The first-order valence-corrected chi connectivity index (χ1v) is 14.6. The van der Waals surface area contributed by atoms with Crippen LogP contribution in [-0.4, -0.2) is 20.2 Å². The Morgan fingerprint density at radius 3 is 2.36 bits per heavy atom. The van der Waals surface area contributed by atoms with Crippen molar-refractivity contribution < 1.29 is 8.42 Å². The highest BCUT2D eigenvalue weighted by molar-refractivity contribution is 7.94. The van der Waals surface area contributed by atoms with Gasteiger partial charge in [0, 0.05) is 23.4 Å². The van der Waals surface area contributed by atoms with Crippen molar-refractivity contribution in [2.75, 3.05) is 5.75 Å². The molecule has 4 heteroatoms. The minimum Gasteiger partial charge on any atom is -0.307 e. The van der Waals surface area contributed by atoms with Gasteiger partial charge in [-0.2, -0.15) is 0 Å². The molecule has 3 aliphatic rings. The van der Waals surface area contributed by atoms with Crippen LogP contribution in [0.2, 0.25) is 0 Å². The van der Waals surface area contributed by atoms with E-state index in [2.05, 4.69) is 84.2 Å². The maximum absolute atomic E-state index is 10.5. The van der Waals surface area contributed by atoms with E-state index < -0.39 is 9.84 Å². The smallest absolute Gasteiger partial charge is 0.175 e. The van der Waals surface area contributed by atoms with Crippen LogP contribution in [0.4, 0.5) is 0 Å². The lowest BCUT2D eigenvalue weighted by Crippen LogP contribution is -2.28. The number of rotatable bonds is 3. The standard InChI is InChI=1S/C27H25N.C5H6O2S/c1-2-7-18(8-3-1)24-17-26(24)28-25-12-6-10-20-14-15-22-21-11-5-4-9-19(21)13-16-23(22)27(20)25;6-8(7)4-2-1-3-5-8/h1-5,7-9,11,13-16,24-26,28H,6,10,12,17H2;1-4H,5H2. The molecule has 36 heavy (non-hydrogen) atoms. The molecule has 1 aliphatic heterocycles. The number of hydrogen-bond acceptors (Lipinski definition) is 3. The fourth-order valence-corrected chi connectivity index (χ4v) is 6.61. The second-order valence-electron chi connectivity index (χ2n) is 10.1. The molecule has 0 saturated heterocycles. The van der Waals surface area contributed by atoms with Crippen LogP contribution in [0.3, 0.4) is 0 Å². The predicted molar refractivity (Wildman–Crippen MR) is 150 cm³/mol. The van der Waals surface area contributed by atoms with Crippen molar-refractivity contribution in [3.05, 3.63) is 119 Å². The van der Waals surface area contributed by atoms with Gasteiger partial charge >= 0.3 is 0 Å². The van der Waals surface area contributed by atoms with E-state index in [1.807, 2.05) is 0 Å². The largest absolute Gasteiger partial charge is 0.307 e. The molecule has 4 aromatic carbocycles. The van der Waals surface area contributed by atoms with Crippen molar-refractivity contribution in [2.24, 2.45) is 0 Å². The molecule has 7 rings (SSSR count). The Balaban J connectivity index is 0.000000258. The van der Waals surface area contributed by atoms with E-state index in [4.69, 9.17) is 0 Å². The second-order valence-corrected chi connectivity index (χ2v) is 12.0. The van der Waals surface area contributed by atoms with Crippen LogP contribution in [0.15, 0.2) is 102 Å². The second kappa shape index (κ2) is 9.68. The molecule has 0 aromatic heterocycles. The Morgan fingerprint density at radius 2 is 1.58 bits per heavy atom. The van der Waals surface area contributed by atoms with Crippen LogP contribution in [0.5, 0.6) is 0 Å². The van der Waals surface area contributed by atoms with Crippen LogP contribution in [0, 0.1) is 0 Å². The number of fused-ring (bicyclic) bond motifs is 5. The lowest BCUT2D eigenvalue weighted by atomic mass is 9.83. The Morgan fingerprint density at radius 1 is 0.778 bits per heavy atom. The summed E-state index contributed by atoms with van der Waals surface area (Å²) in [4.78, 5) is 0. The summed E-state index contributed by atoms with van der Waals surface area (Å²) < 4.78 is 21.0. The van der Waals surface area contributed by atoms with E-state index >= 15 is 0 Å². The molecule has 0 radical (unpaired) electrons. The molecule has 1 heterocycles. The van der Waals surface area contributed by atoms with Gasteiger partial charge in [0.2, 0.25) is 0 Å². The Hall–Kier alpha value is -3.21. The van der Waals surface area contributed by atoms with Crippen molar-refractivity contribution in [1.29, 1.82) is 0 Å². The highest BCUT2D eigenvalue weighted by Crippen LogP contribution is 2.45. The summed E-state index contributed by atoms with van der Waals surface area (Å²) in [6, 6.07) is 30.3. The molecule has 0 spiro atoms. The van der Waals surface area contributed by atoms with E-state index in [0.717, 1.165) is 0 Å². The fraction of sp³-hybridized carbons (Fsp3) is 0.250. The first-order valence-electron chi connectivity index (χ1n) is 12.9. The van der Waals surface area contributed by atoms with Gasteiger partial charge in [-0.3, -0.25) is 0 Å². The summed E-state index contributed by atoms with van der Waals surface area (Å²) in [7, 11) is -2.85. The van der Waals surface area contributed by atoms with Crippen LogP contribution in [-0.2, 0) is 16.3 Å². The van der Waals surface area contributed by atoms with Crippen molar-refractivity contribution in [2.45, 2.75) is 43.7 Å². The minimum absolute atomic E-state index is 0.156. The molecule has 4 aromatic rings. The monoisotopic (exact) mass is 493 g/mol. The van der Waals surface area contributed by atoms with Gasteiger partial charge in [-0.1, -0.05) is 97.1 Å². The van der Waals surface area contributed by atoms with E-state index in [1.165, 1.54) is 64.3 Å². The third-order valence-electron chi connectivity index (χ3n) is 7.64. The number of hydrogen-bond donors (Lipinski definition) is 1. The molecule has 182 valence electrons. The summed E-state index contributed by atoms with van der Waals surface area (Å²) in [5.74, 6) is 0.839. The van der Waals surface area contributed by atoms with Crippen molar-refractivity contribution in [1.82, 2.24) is 5.32 Å². The molecule has 0 amide bonds. The molecule has 0 bridgehead atoms. The maximum atomic E-state index is 10.5. The SMILES string of the molecule is O=S1(=O)C=CC=CC1.c1ccc(C2CC2NC2CCCc3ccc4c(ccc5ccccc54)c32)cc1. The minimum atomic E-state index is -2.85. The van der Waals surface area contributed by atoms with Gasteiger partial charge in [0.05, 0.1) is 5.75 Å². The molecular formula is C32H31NO2S. The van der Waals surface area contributed by atoms with Gasteiger partial charge in [-0.15, -0.1) is 0 Å². The lowest BCUT2D eigenvalue weighted by molar-refractivity contribution is 0.457. The number of allylic oxidation sites excluding steroid dienone is 2. The molecule has 3 atom stereocenters. The molecule has 1 N–H and O–H groups in total. The van der Waals surface area contributed by atoms with Crippen LogP contribution in [0.25, 0.3) is 21.5 Å². The average Bonchev–Trinajstić information content (AvgIpc) is 3.68. The molecule has 3 nitrogen and oxygen atoms in total. The van der Waals surface area contributed by atoms with Gasteiger partial charge < -0.3 is 5.32 Å². The van der Waals surface area contributed by atoms with Crippen LogP contribution < -0.4 is 5.32 Å².